The Labute approximate surface area is 272 Å². The number of hydroxylamine groups is 2. The number of nitrogens with one attached hydrogen (secondary N) is 2. The molecule has 6 fully saturated rings. The summed E-state index contributed by atoms with van der Waals surface area (Å²) in [6.45, 7) is 1.21. The number of ether oxygens (including phenoxy) is 4. The number of carbonyl (C=O) groups excluding carboxylic acids is 3. The standard InChI is InChI=1S/C33H43N3O11/c1-18(39)24(29(40)34-10-11-37)35-31(42)32-16-23-25-26(46-33(45-25,21-5-6-21)22-7-8-22)28(32)47-36(27(32)30(41)44-23)17-20-4-2-3-19(15-20)9-13-43-14-12-38/h2-4,9,13,15,18,21-28,37-39H,5-8,10-12,14,16-17H2,1H3,(H,34,40)(H,35,42). The lowest BCUT2D eigenvalue weighted by atomic mass is 9.62. The van der Waals surface area contributed by atoms with E-state index in [9.17, 15) is 24.6 Å². The molecule has 8 unspecified atom stereocenters. The van der Waals surface area contributed by atoms with Crippen LogP contribution in [0.15, 0.2) is 30.5 Å². The molecule has 3 aliphatic carbocycles. The van der Waals surface area contributed by atoms with Gasteiger partial charge in [0.05, 0.1) is 32.1 Å². The SMILES string of the molecule is CC(O)C(NC(=O)C12CC3OC(=O)C1N(Cc1cccc(C=COCCO)c1)OC2C1OC(C2CC2)(C2CC2)OC31)C(=O)NCCO. The van der Waals surface area contributed by atoms with Crippen LogP contribution in [0.5, 0.6) is 0 Å². The highest BCUT2D eigenvalue weighted by Gasteiger charge is 2.78. The minimum atomic E-state index is -1.52. The van der Waals surface area contributed by atoms with Gasteiger partial charge >= 0.3 is 5.97 Å². The molecule has 14 heteroatoms. The van der Waals surface area contributed by atoms with E-state index in [-0.39, 0.29) is 51.2 Å². The van der Waals surface area contributed by atoms with Crippen molar-refractivity contribution in [3.8, 4) is 0 Å². The number of carbonyl (C=O) groups is 3. The van der Waals surface area contributed by atoms with Crippen molar-refractivity contribution >= 4 is 23.9 Å². The normalized spacial score (nSPS) is 33.6. The molecule has 3 heterocycles. The Balaban J connectivity index is 1.22. The Morgan fingerprint density at radius 2 is 1.87 bits per heavy atom. The first-order valence-electron chi connectivity index (χ1n) is 16.6. The van der Waals surface area contributed by atoms with E-state index in [1.54, 1.807) is 6.08 Å². The van der Waals surface area contributed by atoms with Gasteiger partial charge in [-0.25, -0.2) is 0 Å². The first kappa shape index (κ1) is 32.4. The van der Waals surface area contributed by atoms with Gasteiger partial charge in [-0.2, -0.15) is 5.06 Å². The summed E-state index contributed by atoms with van der Waals surface area (Å²) in [6.07, 6.45) is 2.90. The van der Waals surface area contributed by atoms with Gasteiger partial charge in [-0.3, -0.25) is 19.2 Å². The van der Waals surface area contributed by atoms with Gasteiger partial charge < -0.3 is 44.9 Å². The maximum atomic E-state index is 14.6. The van der Waals surface area contributed by atoms with Gasteiger partial charge in [0.15, 0.2) is 11.8 Å². The van der Waals surface area contributed by atoms with Gasteiger partial charge in [-0.05, 0) is 49.8 Å². The predicted octanol–water partition coefficient (Wildman–Crippen LogP) is -0.259. The number of amides is 2. The summed E-state index contributed by atoms with van der Waals surface area (Å²) >= 11 is 0. The fraction of sp³-hybridized carbons (Fsp3) is 0.667. The molecule has 1 aromatic carbocycles. The number of hydrogen-bond donors (Lipinski definition) is 5. The minimum Gasteiger partial charge on any atom is -0.499 e. The van der Waals surface area contributed by atoms with Gasteiger partial charge in [0, 0.05) is 24.8 Å². The zero-order valence-electron chi connectivity index (χ0n) is 26.3. The molecule has 1 aromatic rings. The van der Waals surface area contributed by atoms with Crippen LogP contribution in [-0.2, 0) is 44.7 Å². The van der Waals surface area contributed by atoms with Crippen molar-refractivity contribution < 1.29 is 53.5 Å². The van der Waals surface area contributed by atoms with Gasteiger partial charge in [0.25, 0.3) is 0 Å². The number of aliphatic hydroxyl groups excluding tert-OH is 3. The Kier molecular flexibility index (Phi) is 8.79. The molecule has 8 atom stereocenters. The lowest BCUT2D eigenvalue weighted by molar-refractivity contribution is -0.235. The third-order valence-corrected chi connectivity index (χ3v) is 10.2. The van der Waals surface area contributed by atoms with Crippen LogP contribution in [0.3, 0.4) is 0 Å². The van der Waals surface area contributed by atoms with Crippen molar-refractivity contribution in [1.82, 2.24) is 15.7 Å². The predicted molar refractivity (Wildman–Crippen MR) is 161 cm³/mol. The van der Waals surface area contributed by atoms with Crippen LogP contribution >= 0.6 is 0 Å². The molecule has 2 amide bonds. The van der Waals surface area contributed by atoms with Crippen LogP contribution in [0.25, 0.3) is 6.08 Å². The minimum absolute atomic E-state index is 0.0548. The van der Waals surface area contributed by atoms with E-state index in [4.69, 9.17) is 28.9 Å². The lowest BCUT2D eigenvalue weighted by Crippen LogP contribution is -2.71. The highest BCUT2D eigenvalue weighted by atomic mass is 16.8. The second-order valence-electron chi connectivity index (χ2n) is 13.5. The van der Waals surface area contributed by atoms with Crippen molar-refractivity contribution in [3.63, 3.8) is 0 Å². The van der Waals surface area contributed by atoms with Crippen molar-refractivity contribution in [3.05, 3.63) is 41.7 Å². The molecule has 6 aliphatic rings. The third kappa shape index (κ3) is 5.73. The summed E-state index contributed by atoms with van der Waals surface area (Å²) in [5.74, 6) is -2.29. The second-order valence-corrected chi connectivity index (χ2v) is 13.5. The molecule has 47 heavy (non-hydrogen) atoms. The lowest BCUT2D eigenvalue weighted by Gasteiger charge is -2.49. The van der Waals surface area contributed by atoms with Crippen molar-refractivity contribution in [1.29, 1.82) is 0 Å². The number of benzene rings is 1. The second kappa shape index (κ2) is 12.7. The first-order valence-corrected chi connectivity index (χ1v) is 16.6. The van der Waals surface area contributed by atoms with Crippen LogP contribution in [-0.4, -0.2) is 113 Å². The number of nitrogens with zero attached hydrogens (tertiary/aromatic N) is 1. The number of fused-ring (bicyclic) bond motifs is 4. The monoisotopic (exact) mass is 657 g/mol. The zero-order valence-corrected chi connectivity index (χ0v) is 26.3. The highest BCUT2D eigenvalue weighted by Crippen LogP contribution is 2.63. The molecule has 14 nitrogen and oxygen atoms in total. The summed E-state index contributed by atoms with van der Waals surface area (Å²) in [5.41, 5.74) is 0.0816. The molecular formula is C33H43N3O11. The van der Waals surface area contributed by atoms with Crippen LogP contribution in [0.2, 0.25) is 0 Å². The zero-order chi connectivity index (χ0) is 32.9. The molecule has 0 aromatic heterocycles. The third-order valence-electron chi connectivity index (χ3n) is 10.2. The number of aliphatic hydroxyl groups is 3. The Bertz CT molecular complexity index is 1390. The first-order chi connectivity index (χ1) is 22.7. The van der Waals surface area contributed by atoms with Gasteiger partial charge in [-0.1, -0.05) is 24.3 Å². The maximum Gasteiger partial charge on any atom is 0.327 e. The van der Waals surface area contributed by atoms with E-state index < -0.39 is 71.6 Å². The van der Waals surface area contributed by atoms with E-state index >= 15 is 0 Å². The maximum absolute atomic E-state index is 14.6. The smallest absolute Gasteiger partial charge is 0.327 e. The van der Waals surface area contributed by atoms with Gasteiger partial charge in [0.1, 0.15) is 42.5 Å². The summed E-state index contributed by atoms with van der Waals surface area (Å²) < 4.78 is 24.9. The molecule has 3 saturated carbocycles. The molecule has 7 rings (SSSR count). The number of esters is 1. The molecule has 3 aliphatic heterocycles. The largest absolute Gasteiger partial charge is 0.499 e. The van der Waals surface area contributed by atoms with Crippen molar-refractivity contribution in [2.75, 3.05) is 26.4 Å². The van der Waals surface area contributed by atoms with Crippen LogP contribution < -0.4 is 10.6 Å². The quantitative estimate of drug-likeness (QED) is 0.101. The summed E-state index contributed by atoms with van der Waals surface area (Å²) in [6, 6.07) is 4.98. The highest BCUT2D eigenvalue weighted by molar-refractivity contribution is 5.96. The number of hydrogen-bond acceptors (Lipinski definition) is 12. The van der Waals surface area contributed by atoms with E-state index in [0.29, 0.717) is 0 Å². The average Bonchev–Trinajstić information content (AvgIpc) is 4.00. The van der Waals surface area contributed by atoms with E-state index in [0.717, 1.165) is 36.8 Å². The van der Waals surface area contributed by atoms with Crippen LogP contribution in [0.1, 0.15) is 50.2 Å². The van der Waals surface area contributed by atoms with E-state index in [1.807, 2.05) is 24.3 Å². The molecule has 256 valence electrons. The summed E-state index contributed by atoms with van der Waals surface area (Å²) in [5, 5.41) is 35.4. The topological polar surface area (TPSA) is 185 Å². The fourth-order valence-corrected chi connectivity index (χ4v) is 7.86. The summed E-state index contributed by atoms with van der Waals surface area (Å²) in [7, 11) is 0. The average molecular weight is 658 g/mol. The Morgan fingerprint density at radius 1 is 1.13 bits per heavy atom. The summed E-state index contributed by atoms with van der Waals surface area (Å²) in [4.78, 5) is 48.1. The molecule has 5 N–H and O–H groups in total. The molecular weight excluding hydrogens is 614 g/mol. The van der Waals surface area contributed by atoms with E-state index in [1.165, 1.54) is 18.2 Å². The molecule has 0 radical (unpaired) electrons. The fourth-order valence-electron chi connectivity index (χ4n) is 7.86. The van der Waals surface area contributed by atoms with E-state index in [2.05, 4.69) is 10.6 Å². The van der Waals surface area contributed by atoms with Gasteiger partial charge in [-0.15, -0.1) is 0 Å². The molecule has 3 saturated heterocycles. The van der Waals surface area contributed by atoms with Crippen LogP contribution in [0.4, 0.5) is 0 Å². The van der Waals surface area contributed by atoms with Gasteiger partial charge in [0.2, 0.25) is 11.8 Å². The Hall–Kier alpha value is -3.11. The van der Waals surface area contributed by atoms with Crippen molar-refractivity contribution in [2.24, 2.45) is 17.3 Å². The van der Waals surface area contributed by atoms with Crippen LogP contribution in [0, 0.1) is 17.3 Å². The van der Waals surface area contributed by atoms with Crippen molar-refractivity contribution in [2.45, 2.75) is 94.0 Å². The molecule has 0 spiro atoms. The number of rotatable bonds is 14. The molecule has 2 bridgehead atoms. The Morgan fingerprint density at radius 3 is 2.55 bits per heavy atom.